The molecule has 3 N–H and O–H groups in total. The molecule has 0 unspecified atom stereocenters. The Balaban J connectivity index is 2.53. The zero-order valence-electron chi connectivity index (χ0n) is 8.43. The molecule has 0 aliphatic heterocycles. The van der Waals surface area contributed by atoms with Crippen molar-refractivity contribution in [1.29, 1.82) is 0 Å². The van der Waals surface area contributed by atoms with Crippen molar-refractivity contribution in [2.24, 2.45) is 5.73 Å². The maximum Gasteiger partial charge on any atom is 0.276 e. The van der Waals surface area contributed by atoms with Gasteiger partial charge in [-0.05, 0) is 18.7 Å². The van der Waals surface area contributed by atoms with Crippen LogP contribution in [0.3, 0.4) is 0 Å². The van der Waals surface area contributed by atoms with Gasteiger partial charge in [-0.15, -0.1) is 0 Å². The van der Waals surface area contributed by atoms with E-state index in [-0.39, 0.29) is 18.5 Å². The van der Waals surface area contributed by atoms with Crippen molar-refractivity contribution in [3.8, 4) is 0 Å². The SMILES string of the molecule is NCCC(F)(F)c1c[nH]c2cc(Cl)ccc12. The Morgan fingerprint density at radius 2 is 2.12 bits per heavy atom. The average Bonchev–Trinajstić information content (AvgIpc) is 2.60. The van der Waals surface area contributed by atoms with Gasteiger partial charge in [-0.3, -0.25) is 0 Å². The molecule has 16 heavy (non-hydrogen) atoms. The third-order valence-corrected chi connectivity index (χ3v) is 2.73. The summed E-state index contributed by atoms with van der Waals surface area (Å²) in [7, 11) is 0. The molecule has 1 aromatic heterocycles. The Morgan fingerprint density at radius 1 is 1.38 bits per heavy atom. The van der Waals surface area contributed by atoms with Crippen molar-refractivity contribution in [3.63, 3.8) is 0 Å². The van der Waals surface area contributed by atoms with Gasteiger partial charge in [0, 0.05) is 34.1 Å². The fourth-order valence-corrected chi connectivity index (χ4v) is 1.89. The van der Waals surface area contributed by atoms with Crippen LogP contribution in [-0.4, -0.2) is 11.5 Å². The molecule has 1 heterocycles. The van der Waals surface area contributed by atoms with Crippen LogP contribution in [0.15, 0.2) is 24.4 Å². The first-order chi connectivity index (χ1) is 7.54. The van der Waals surface area contributed by atoms with Crippen LogP contribution < -0.4 is 5.73 Å². The lowest BCUT2D eigenvalue weighted by Gasteiger charge is -2.14. The molecule has 0 atom stereocenters. The molecule has 0 saturated carbocycles. The van der Waals surface area contributed by atoms with E-state index in [2.05, 4.69) is 4.98 Å². The summed E-state index contributed by atoms with van der Waals surface area (Å²) >= 11 is 5.78. The minimum atomic E-state index is -2.90. The highest BCUT2D eigenvalue weighted by molar-refractivity contribution is 6.31. The number of hydrogen-bond donors (Lipinski definition) is 2. The molecule has 2 aromatic rings. The molecule has 0 aliphatic rings. The van der Waals surface area contributed by atoms with E-state index >= 15 is 0 Å². The van der Waals surface area contributed by atoms with Crippen LogP contribution in [0.2, 0.25) is 5.02 Å². The summed E-state index contributed by atoms with van der Waals surface area (Å²) in [6, 6.07) is 4.81. The number of hydrogen-bond acceptors (Lipinski definition) is 1. The molecule has 0 radical (unpaired) electrons. The second kappa shape index (κ2) is 4.03. The number of fused-ring (bicyclic) bond motifs is 1. The van der Waals surface area contributed by atoms with Crippen LogP contribution in [-0.2, 0) is 5.92 Å². The zero-order valence-corrected chi connectivity index (χ0v) is 9.19. The third kappa shape index (κ3) is 1.90. The Morgan fingerprint density at radius 3 is 2.81 bits per heavy atom. The van der Waals surface area contributed by atoms with E-state index < -0.39 is 5.92 Å². The topological polar surface area (TPSA) is 41.8 Å². The molecule has 2 nitrogen and oxygen atoms in total. The second-order valence-corrected chi connectivity index (χ2v) is 4.07. The highest BCUT2D eigenvalue weighted by Gasteiger charge is 2.33. The Hall–Kier alpha value is -1.13. The van der Waals surface area contributed by atoms with Crippen molar-refractivity contribution in [2.75, 3.05) is 6.54 Å². The highest BCUT2D eigenvalue weighted by Crippen LogP contribution is 2.36. The Bertz CT molecular complexity index is 508. The van der Waals surface area contributed by atoms with Crippen molar-refractivity contribution in [2.45, 2.75) is 12.3 Å². The molecular weight excluding hydrogens is 234 g/mol. The van der Waals surface area contributed by atoms with Gasteiger partial charge in [0.05, 0.1) is 0 Å². The molecule has 2 rings (SSSR count). The van der Waals surface area contributed by atoms with E-state index in [4.69, 9.17) is 17.3 Å². The first-order valence-electron chi connectivity index (χ1n) is 4.89. The first kappa shape index (κ1) is 11.4. The number of halogens is 3. The standard InChI is InChI=1S/C11H11ClF2N2/c12-7-1-2-8-9(6-16-10(8)5-7)11(13,14)3-4-15/h1-2,5-6,16H,3-4,15H2. The van der Waals surface area contributed by atoms with Gasteiger partial charge < -0.3 is 10.7 Å². The van der Waals surface area contributed by atoms with E-state index in [9.17, 15) is 8.78 Å². The number of nitrogens with one attached hydrogen (secondary N) is 1. The van der Waals surface area contributed by atoms with Gasteiger partial charge in [-0.1, -0.05) is 17.7 Å². The van der Waals surface area contributed by atoms with Crippen LogP contribution in [0.1, 0.15) is 12.0 Å². The summed E-state index contributed by atoms with van der Waals surface area (Å²) in [5.74, 6) is -2.90. The summed E-state index contributed by atoms with van der Waals surface area (Å²) in [5.41, 5.74) is 5.76. The average molecular weight is 245 g/mol. The lowest BCUT2D eigenvalue weighted by atomic mass is 10.0. The molecular formula is C11H11ClF2N2. The van der Waals surface area contributed by atoms with Crippen LogP contribution >= 0.6 is 11.6 Å². The number of rotatable bonds is 3. The van der Waals surface area contributed by atoms with Crippen molar-refractivity contribution >= 4 is 22.5 Å². The fourth-order valence-electron chi connectivity index (χ4n) is 1.72. The second-order valence-electron chi connectivity index (χ2n) is 3.64. The maximum atomic E-state index is 13.7. The molecule has 5 heteroatoms. The lowest BCUT2D eigenvalue weighted by Crippen LogP contribution is -2.18. The van der Waals surface area contributed by atoms with E-state index in [1.54, 1.807) is 18.2 Å². The summed E-state index contributed by atoms with van der Waals surface area (Å²) in [5, 5.41) is 1.01. The third-order valence-electron chi connectivity index (χ3n) is 2.50. The van der Waals surface area contributed by atoms with Gasteiger partial charge in [-0.2, -0.15) is 0 Å². The van der Waals surface area contributed by atoms with Gasteiger partial charge in [0.1, 0.15) is 0 Å². The quantitative estimate of drug-likeness (QED) is 0.855. The van der Waals surface area contributed by atoms with Crippen molar-refractivity contribution < 1.29 is 8.78 Å². The molecule has 0 aliphatic carbocycles. The first-order valence-corrected chi connectivity index (χ1v) is 5.27. The Labute approximate surface area is 96.4 Å². The molecule has 0 fully saturated rings. The molecule has 0 bridgehead atoms. The molecule has 0 amide bonds. The molecule has 0 spiro atoms. The van der Waals surface area contributed by atoms with Crippen molar-refractivity contribution in [1.82, 2.24) is 4.98 Å². The highest BCUT2D eigenvalue weighted by atomic mass is 35.5. The predicted octanol–water partition coefficient (Wildman–Crippen LogP) is 3.26. The number of benzene rings is 1. The van der Waals surface area contributed by atoms with Gasteiger partial charge in [0.25, 0.3) is 5.92 Å². The van der Waals surface area contributed by atoms with E-state index in [1.807, 2.05) is 0 Å². The summed E-state index contributed by atoms with van der Waals surface area (Å²) in [4.78, 5) is 2.79. The summed E-state index contributed by atoms with van der Waals surface area (Å²) in [6.07, 6.45) is 0.958. The van der Waals surface area contributed by atoms with E-state index in [0.717, 1.165) is 0 Å². The number of nitrogens with two attached hydrogens (primary N) is 1. The normalized spacial score (nSPS) is 12.2. The molecule has 86 valence electrons. The van der Waals surface area contributed by atoms with Gasteiger partial charge >= 0.3 is 0 Å². The minimum absolute atomic E-state index is 0.0235. The predicted molar refractivity (Wildman–Crippen MR) is 60.9 cm³/mol. The number of H-pyrrole nitrogens is 1. The fraction of sp³-hybridized carbons (Fsp3) is 0.273. The van der Waals surface area contributed by atoms with Crippen LogP contribution in [0.4, 0.5) is 8.78 Å². The summed E-state index contributed by atoms with van der Waals surface area (Å²) in [6.45, 7) is -0.0484. The monoisotopic (exact) mass is 244 g/mol. The van der Waals surface area contributed by atoms with Crippen molar-refractivity contribution in [3.05, 3.63) is 35.0 Å². The van der Waals surface area contributed by atoms with Gasteiger partial charge in [-0.25, -0.2) is 8.78 Å². The number of aromatic amines is 1. The Kier molecular flexibility index (Phi) is 2.86. The van der Waals surface area contributed by atoms with Crippen LogP contribution in [0.25, 0.3) is 10.9 Å². The smallest absolute Gasteiger partial charge is 0.276 e. The van der Waals surface area contributed by atoms with Crippen LogP contribution in [0.5, 0.6) is 0 Å². The summed E-state index contributed by atoms with van der Waals surface area (Å²) < 4.78 is 27.4. The number of aromatic nitrogens is 1. The molecule has 0 saturated heterocycles. The zero-order chi connectivity index (χ0) is 11.8. The van der Waals surface area contributed by atoms with E-state index in [1.165, 1.54) is 6.20 Å². The van der Waals surface area contributed by atoms with Crippen LogP contribution in [0, 0.1) is 0 Å². The number of alkyl halides is 2. The van der Waals surface area contributed by atoms with Gasteiger partial charge in [0.2, 0.25) is 0 Å². The minimum Gasteiger partial charge on any atom is -0.361 e. The molecule has 1 aromatic carbocycles. The maximum absolute atomic E-state index is 13.7. The lowest BCUT2D eigenvalue weighted by molar-refractivity contribution is -0.00911. The van der Waals surface area contributed by atoms with E-state index in [0.29, 0.717) is 15.9 Å². The van der Waals surface area contributed by atoms with Gasteiger partial charge in [0.15, 0.2) is 0 Å². The largest absolute Gasteiger partial charge is 0.361 e.